The molecular formula is C23H25N5O. The quantitative estimate of drug-likeness (QED) is 0.533. The first-order chi connectivity index (χ1) is 14.3. The molecule has 0 radical (unpaired) electrons. The van der Waals surface area contributed by atoms with E-state index in [1.54, 1.807) is 0 Å². The highest BCUT2D eigenvalue weighted by Gasteiger charge is 2.19. The maximum Gasteiger partial charge on any atom is 0.223 e. The Kier molecular flexibility index (Phi) is 4.68. The van der Waals surface area contributed by atoms with Gasteiger partial charge in [-0.1, -0.05) is 43.2 Å². The molecule has 1 aliphatic heterocycles. The molecule has 148 valence electrons. The monoisotopic (exact) mass is 387 g/mol. The molecule has 3 heterocycles. The molecule has 0 spiro atoms. The summed E-state index contributed by atoms with van der Waals surface area (Å²) in [5, 5.41) is 2.10. The standard InChI is InChI=1S/C23H25N5O/c24-23-26-21-20(22(27-23)28-12-6-1-2-7-13-28)18-14-17(10-11-19(18)25-21)29-15-16-8-4-3-5-9-16/h3-5,8-11,14H,1-2,6-7,12-13,15H2,(H3,24,25,26,27). The van der Waals surface area contributed by atoms with E-state index in [4.69, 9.17) is 10.5 Å². The maximum absolute atomic E-state index is 6.05. The molecule has 1 fully saturated rings. The number of nitrogens with zero attached hydrogens (tertiary/aromatic N) is 3. The second-order valence-electron chi connectivity index (χ2n) is 7.64. The second-order valence-corrected chi connectivity index (χ2v) is 7.64. The van der Waals surface area contributed by atoms with Crippen molar-refractivity contribution in [2.75, 3.05) is 23.7 Å². The lowest BCUT2D eigenvalue weighted by molar-refractivity contribution is 0.306. The molecule has 0 saturated carbocycles. The highest BCUT2D eigenvalue weighted by Crippen LogP contribution is 2.35. The van der Waals surface area contributed by atoms with E-state index in [1.165, 1.54) is 25.7 Å². The first-order valence-corrected chi connectivity index (χ1v) is 10.3. The molecule has 1 aliphatic rings. The van der Waals surface area contributed by atoms with Crippen LogP contribution in [0.2, 0.25) is 0 Å². The Morgan fingerprint density at radius 3 is 2.55 bits per heavy atom. The van der Waals surface area contributed by atoms with Crippen molar-refractivity contribution in [1.29, 1.82) is 0 Å². The normalized spacial score (nSPS) is 15.0. The van der Waals surface area contributed by atoms with Crippen molar-refractivity contribution in [3.8, 4) is 5.75 Å². The third-order valence-electron chi connectivity index (χ3n) is 5.57. The molecule has 0 atom stereocenters. The number of H-pyrrole nitrogens is 1. The van der Waals surface area contributed by atoms with E-state index in [-0.39, 0.29) is 0 Å². The molecule has 0 bridgehead atoms. The average molecular weight is 387 g/mol. The molecular weight excluding hydrogens is 362 g/mol. The number of hydrogen-bond donors (Lipinski definition) is 2. The van der Waals surface area contributed by atoms with Crippen LogP contribution in [-0.4, -0.2) is 28.0 Å². The summed E-state index contributed by atoms with van der Waals surface area (Å²) < 4.78 is 6.05. The lowest BCUT2D eigenvalue weighted by Crippen LogP contribution is -2.25. The van der Waals surface area contributed by atoms with E-state index in [0.717, 1.165) is 52.2 Å². The van der Waals surface area contributed by atoms with Crippen molar-refractivity contribution in [1.82, 2.24) is 15.0 Å². The van der Waals surface area contributed by atoms with Gasteiger partial charge in [-0.15, -0.1) is 0 Å². The van der Waals surface area contributed by atoms with Gasteiger partial charge in [0.05, 0.1) is 5.39 Å². The number of hydrogen-bond acceptors (Lipinski definition) is 5. The van der Waals surface area contributed by atoms with Gasteiger partial charge in [0.2, 0.25) is 5.95 Å². The number of nitrogen functional groups attached to an aromatic ring is 1. The SMILES string of the molecule is Nc1nc(N2CCCCCC2)c2c(n1)[nH]c1ccc(OCc3ccccc3)cc12. The van der Waals surface area contributed by atoms with Gasteiger partial charge in [-0.2, -0.15) is 9.97 Å². The van der Waals surface area contributed by atoms with Gasteiger partial charge in [0, 0.05) is 24.0 Å². The molecule has 5 rings (SSSR count). The Morgan fingerprint density at radius 1 is 0.966 bits per heavy atom. The minimum absolute atomic E-state index is 0.309. The van der Waals surface area contributed by atoms with Gasteiger partial charge in [-0.25, -0.2) is 0 Å². The van der Waals surface area contributed by atoms with Crippen molar-refractivity contribution in [3.63, 3.8) is 0 Å². The van der Waals surface area contributed by atoms with Gasteiger partial charge < -0.3 is 20.4 Å². The van der Waals surface area contributed by atoms with E-state index in [1.807, 2.05) is 30.3 Å². The van der Waals surface area contributed by atoms with Crippen LogP contribution in [0.1, 0.15) is 31.2 Å². The third-order valence-corrected chi connectivity index (χ3v) is 5.57. The molecule has 0 amide bonds. The summed E-state index contributed by atoms with van der Waals surface area (Å²) in [5.41, 5.74) is 8.99. The second kappa shape index (κ2) is 7.62. The van der Waals surface area contributed by atoms with Crippen molar-refractivity contribution < 1.29 is 4.74 Å². The fourth-order valence-electron chi connectivity index (χ4n) is 4.11. The Hall–Kier alpha value is -3.28. The zero-order valence-corrected chi connectivity index (χ0v) is 16.4. The highest BCUT2D eigenvalue weighted by atomic mass is 16.5. The minimum atomic E-state index is 0.309. The van der Waals surface area contributed by atoms with E-state index in [2.05, 4.69) is 38.1 Å². The van der Waals surface area contributed by atoms with E-state index < -0.39 is 0 Å². The smallest absolute Gasteiger partial charge is 0.223 e. The molecule has 2 aromatic carbocycles. The van der Waals surface area contributed by atoms with Crippen molar-refractivity contribution in [3.05, 3.63) is 54.1 Å². The third kappa shape index (κ3) is 3.58. The first-order valence-electron chi connectivity index (χ1n) is 10.3. The van der Waals surface area contributed by atoms with Crippen molar-refractivity contribution in [2.24, 2.45) is 0 Å². The van der Waals surface area contributed by atoms with Crippen LogP contribution in [0.15, 0.2) is 48.5 Å². The maximum atomic E-state index is 6.05. The van der Waals surface area contributed by atoms with Gasteiger partial charge >= 0.3 is 0 Å². The zero-order valence-electron chi connectivity index (χ0n) is 16.4. The molecule has 4 aromatic rings. The van der Waals surface area contributed by atoms with Gasteiger partial charge in [-0.3, -0.25) is 0 Å². The summed E-state index contributed by atoms with van der Waals surface area (Å²) in [7, 11) is 0. The Bertz CT molecular complexity index is 1130. The van der Waals surface area contributed by atoms with E-state index in [0.29, 0.717) is 12.6 Å². The lowest BCUT2D eigenvalue weighted by Gasteiger charge is -2.22. The largest absolute Gasteiger partial charge is 0.489 e. The van der Waals surface area contributed by atoms with Gasteiger partial charge in [0.1, 0.15) is 23.8 Å². The number of nitrogens with two attached hydrogens (primary N) is 1. The summed E-state index contributed by atoms with van der Waals surface area (Å²) in [6.07, 6.45) is 4.90. The predicted molar refractivity (Wildman–Crippen MR) is 117 cm³/mol. The first kappa shape index (κ1) is 17.8. The molecule has 6 nitrogen and oxygen atoms in total. The minimum Gasteiger partial charge on any atom is -0.489 e. The van der Waals surface area contributed by atoms with E-state index >= 15 is 0 Å². The molecule has 6 heteroatoms. The Balaban J connectivity index is 1.56. The predicted octanol–water partition coefficient (Wildman–Crippen LogP) is 4.65. The number of aromatic amines is 1. The van der Waals surface area contributed by atoms with Crippen LogP contribution < -0.4 is 15.4 Å². The molecule has 0 aliphatic carbocycles. The molecule has 3 N–H and O–H groups in total. The van der Waals surface area contributed by atoms with Crippen LogP contribution >= 0.6 is 0 Å². The summed E-state index contributed by atoms with van der Waals surface area (Å²) in [4.78, 5) is 14.9. The molecule has 29 heavy (non-hydrogen) atoms. The number of ether oxygens (including phenoxy) is 1. The Morgan fingerprint density at radius 2 is 1.76 bits per heavy atom. The molecule has 0 unspecified atom stereocenters. The van der Waals surface area contributed by atoms with Gasteiger partial charge in [-0.05, 0) is 36.6 Å². The fourth-order valence-corrected chi connectivity index (χ4v) is 4.11. The van der Waals surface area contributed by atoms with Crippen LogP contribution in [0.3, 0.4) is 0 Å². The number of rotatable bonds is 4. The topological polar surface area (TPSA) is 80.1 Å². The van der Waals surface area contributed by atoms with Crippen molar-refractivity contribution >= 4 is 33.7 Å². The highest BCUT2D eigenvalue weighted by molar-refractivity contribution is 6.12. The summed E-state index contributed by atoms with van der Waals surface area (Å²) in [6, 6.07) is 16.3. The zero-order chi connectivity index (χ0) is 19.6. The van der Waals surface area contributed by atoms with E-state index in [9.17, 15) is 0 Å². The fraction of sp³-hybridized carbons (Fsp3) is 0.304. The number of nitrogens with one attached hydrogen (secondary N) is 1. The summed E-state index contributed by atoms with van der Waals surface area (Å²) in [5.74, 6) is 2.07. The molecule has 1 saturated heterocycles. The van der Waals surface area contributed by atoms with Crippen LogP contribution in [0, 0.1) is 0 Å². The Labute approximate surface area is 169 Å². The van der Waals surface area contributed by atoms with Crippen LogP contribution in [0.5, 0.6) is 5.75 Å². The summed E-state index contributed by atoms with van der Waals surface area (Å²) in [6.45, 7) is 2.54. The molecule has 2 aromatic heterocycles. The van der Waals surface area contributed by atoms with Crippen LogP contribution in [-0.2, 0) is 6.61 Å². The number of aromatic nitrogens is 3. The van der Waals surface area contributed by atoms with Gasteiger partial charge in [0.15, 0.2) is 0 Å². The summed E-state index contributed by atoms with van der Waals surface area (Å²) >= 11 is 0. The average Bonchev–Trinajstić information content (AvgIpc) is 2.90. The number of anilines is 2. The lowest BCUT2D eigenvalue weighted by atomic mass is 10.2. The van der Waals surface area contributed by atoms with Crippen LogP contribution in [0.25, 0.3) is 21.9 Å². The number of benzene rings is 2. The van der Waals surface area contributed by atoms with Crippen LogP contribution in [0.4, 0.5) is 11.8 Å². The number of fused-ring (bicyclic) bond motifs is 3. The van der Waals surface area contributed by atoms with Gasteiger partial charge in [0.25, 0.3) is 0 Å². The van der Waals surface area contributed by atoms with Crippen molar-refractivity contribution in [2.45, 2.75) is 32.3 Å².